The van der Waals surface area contributed by atoms with Crippen LogP contribution in [0.25, 0.3) is 0 Å². The quantitative estimate of drug-likeness (QED) is 0.676. The second kappa shape index (κ2) is 4.43. The van der Waals surface area contributed by atoms with Crippen molar-refractivity contribution in [3.8, 4) is 0 Å². The molecule has 76 valence electrons. The smallest absolute Gasteiger partial charge is 0.0195 e. The van der Waals surface area contributed by atoms with Gasteiger partial charge in [-0.2, -0.15) is 0 Å². The van der Waals surface area contributed by atoms with E-state index in [0.717, 1.165) is 18.0 Å². The molecule has 13 heavy (non-hydrogen) atoms. The van der Waals surface area contributed by atoms with Gasteiger partial charge in [0.05, 0.1) is 0 Å². The first-order chi connectivity index (χ1) is 6.36. The van der Waals surface area contributed by atoms with Crippen molar-refractivity contribution >= 4 is 0 Å². The molecule has 0 amide bonds. The molecule has 2 rings (SSSR count). The molecule has 1 aliphatic heterocycles. The van der Waals surface area contributed by atoms with Gasteiger partial charge in [0.15, 0.2) is 0 Å². The third kappa shape index (κ3) is 2.44. The minimum absolute atomic E-state index is 0.749. The number of hydrogen-bond donors (Lipinski definition) is 2. The number of hydrogen-bond acceptors (Lipinski definition) is 2. The van der Waals surface area contributed by atoms with E-state index in [4.69, 9.17) is 0 Å². The molecule has 2 N–H and O–H groups in total. The molecule has 1 heterocycles. The average Bonchev–Trinajstić information content (AvgIpc) is 2.54. The minimum atomic E-state index is 0.749. The monoisotopic (exact) mass is 182 g/mol. The average molecular weight is 182 g/mol. The number of rotatable bonds is 2. The van der Waals surface area contributed by atoms with E-state index >= 15 is 0 Å². The second-order valence-electron chi connectivity index (χ2n) is 4.72. The van der Waals surface area contributed by atoms with Gasteiger partial charge in [0.1, 0.15) is 0 Å². The van der Waals surface area contributed by atoms with E-state index in [9.17, 15) is 0 Å². The Morgan fingerprint density at radius 3 is 2.69 bits per heavy atom. The Hall–Kier alpha value is -0.0800. The SMILES string of the molecule is CC1CCCC1NC1CCCNC1. The molecular weight excluding hydrogens is 160 g/mol. The molecule has 0 aromatic rings. The summed E-state index contributed by atoms with van der Waals surface area (Å²) in [4.78, 5) is 0. The van der Waals surface area contributed by atoms with Crippen LogP contribution < -0.4 is 10.6 Å². The van der Waals surface area contributed by atoms with Crippen molar-refractivity contribution in [2.45, 2.75) is 51.1 Å². The van der Waals surface area contributed by atoms with Crippen molar-refractivity contribution in [1.82, 2.24) is 10.6 Å². The molecule has 2 aliphatic rings. The number of nitrogens with one attached hydrogen (secondary N) is 2. The van der Waals surface area contributed by atoms with E-state index in [2.05, 4.69) is 17.6 Å². The summed E-state index contributed by atoms with van der Waals surface area (Å²) in [6.07, 6.45) is 6.98. The van der Waals surface area contributed by atoms with Crippen molar-refractivity contribution in [1.29, 1.82) is 0 Å². The molecule has 0 radical (unpaired) electrons. The van der Waals surface area contributed by atoms with Gasteiger partial charge >= 0.3 is 0 Å². The molecule has 1 saturated heterocycles. The number of piperidine rings is 1. The standard InChI is InChI=1S/C11H22N2/c1-9-4-2-6-11(9)13-10-5-3-7-12-8-10/h9-13H,2-8H2,1H3. The normalized spacial score (nSPS) is 40.8. The topological polar surface area (TPSA) is 24.1 Å². The molecule has 3 atom stereocenters. The molecule has 0 bridgehead atoms. The first-order valence-electron chi connectivity index (χ1n) is 5.83. The van der Waals surface area contributed by atoms with Gasteiger partial charge in [-0.25, -0.2) is 0 Å². The second-order valence-corrected chi connectivity index (χ2v) is 4.72. The molecule has 2 fully saturated rings. The predicted molar refractivity (Wildman–Crippen MR) is 55.8 cm³/mol. The highest BCUT2D eigenvalue weighted by molar-refractivity contribution is 4.85. The van der Waals surface area contributed by atoms with E-state index in [1.165, 1.54) is 45.2 Å². The minimum Gasteiger partial charge on any atom is -0.315 e. The Labute approximate surface area is 81.5 Å². The zero-order chi connectivity index (χ0) is 9.10. The van der Waals surface area contributed by atoms with Crippen LogP contribution in [0.1, 0.15) is 39.0 Å². The third-order valence-electron chi connectivity index (χ3n) is 3.61. The molecular formula is C11H22N2. The van der Waals surface area contributed by atoms with Crippen LogP contribution in [0.3, 0.4) is 0 Å². The first-order valence-corrected chi connectivity index (χ1v) is 5.83. The van der Waals surface area contributed by atoms with Crippen molar-refractivity contribution in [3.63, 3.8) is 0 Å². The predicted octanol–water partition coefficient (Wildman–Crippen LogP) is 1.52. The summed E-state index contributed by atoms with van der Waals surface area (Å²) < 4.78 is 0. The maximum atomic E-state index is 3.81. The fourth-order valence-electron chi connectivity index (χ4n) is 2.69. The van der Waals surface area contributed by atoms with Gasteiger partial charge in [0.2, 0.25) is 0 Å². The molecule has 0 spiro atoms. The molecule has 1 aliphatic carbocycles. The Morgan fingerprint density at radius 1 is 1.15 bits per heavy atom. The highest BCUT2D eigenvalue weighted by Crippen LogP contribution is 2.25. The summed E-state index contributed by atoms with van der Waals surface area (Å²) in [5.74, 6) is 0.905. The fraction of sp³-hybridized carbons (Fsp3) is 1.00. The lowest BCUT2D eigenvalue weighted by molar-refractivity contribution is 0.320. The van der Waals surface area contributed by atoms with E-state index in [1.54, 1.807) is 0 Å². The highest BCUT2D eigenvalue weighted by Gasteiger charge is 2.25. The van der Waals surface area contributed by atoms with Crippen LogP contribution in [-0.4, -0.2) is 25.2 Å². The summed E-state index contributed by atoms with van der Waals surface area (Å²) >= 11 is 0. The van der Waals surface area contributed by atoms with Gasteiger partial charge in [0.25, 0.3) is 0 Å². The molecule has 0 aromatic heterocycles. The van der Waals surface area contributed by atoms with Crippen LogP contribution >= 0.6 is 0 Å². The lowest BCUT2D eigenvalue weighted by atomic mass is 10.0. The van der Waals surface area contributed by atoms with Crippen molar-refractivity contribution in [2.75, 3.05) is 13.1 Å². The van der Waals surface area contributed by atoms with Crippen molar-refractivity contribution < 1.29 is 0 Å². The van der Waals surface area contributed by atoms with Gasteiger partial charge in [-0.15, -0.1) is 0 Å². The van der Waals surface area contributed by atoms with Gasteiger partial charge in [-0.3, -0.25) is 0 Å². The Balaban J connectivity index is 1.75. The van der Waals surface area contributed by atoms with Crippen LogP contribution in [0.5, 0.6) is 0 Å². The summed E-state index contributed by atoms with van der Waals surface area (Å²) in [7, 11) is 0. The molecule has 2 nitrogen and oxygen atoms in total. The molecule has 1 saturated carbocycles. The molecule has 0 aromatic carbocycles. The zero-order valence-electron chi connectivity index (χ0n) is 8.68. The lowest BCUT2D eigenvalue weighted by Crippen LogP contribution is -2.48. The molecule has 3 unspecified atom stereocenters. The summed E-state index contributed by atoms with van der Waals surface area (Å²) in [5, 5.41) is 7.27. The maximum absolute atomic E-state index is 3.81. The first kappa shape index (κ1) is 9.47. The Kier molecular flexibility index (Phi) is 3.23. The van der Waals surface area contributed by atoms with Crippen molar-refractivity contribution in [2.24, 2.45) is 5.92 Å². The highest BCUT2D eigenvalue weighted by atomic mass is 15.0. The maximum Gasteiger partial charge on any atom is 0.0195 e. The zero-order valence-corrected chi connectivity index (χ0v) is 8.68. The van der Waals surface area contributed by atoms with Crippen LogP contribution in [0.4, 0.5) is 0 Å². The van der Waals surface area contributed by atoms with E-state index in [-0.39, 0.29) is 0 Å². The summed E-state index contributed by atoms with van der Waals surface area (Å²) in [6.45, 7) is 4.79. The molecule has 2 heteroatoms. The fourth-order valence-corrected chi connectivity index (χ4v) is 2.69. The van der Waals surface area contributed by atoms with Crippen LogP contribution in [0, 0.1) is 5.92 Å². The Bertz CT molecular complexity index is 152. The van der Waals surface area contributed by atoms with Crippen LogP contribution in [0.2, 0.25) is 0 Å². The van der Waals surface area contributed by atoms with E-state index < -0.39 is 0 Å². The van der Waals surface area contributed by atoms with Gasteiger partial charge < -0.3 is 10.6 Å². The van der Waals surface area contributed by atoms with E-state index in [1.807, 2.05) is 0 Å². The summed E-state index contributed by atoms with van der Waals surface area (Å²) in [5.41, 5.74) is 0. The van der Waals surface area contributed by atoms with Gasteiger partial charge in [0, 0.05) is 18.6 Å². The van der Waals surface area contributed by atoms with Gasteiger partial charge in [-0.05, 0) is 38.1 Å². The van der Waals surface area contributed by atoms with E-state index in [0.29, 0.717) is 0 Å². The van der Waals surface area contributed by atoms with Crippen LogP contribution in [-0.2, 0) is 0 Å². The third-order valence-corrected chi connectivity index (χ3v) is 3.61. The largest absolute Gasteiger partial charge is 0.315 e. The van der Waals surface area contributed by atoms with Gasteiger partial charge in [-0.1, -0.05) is 13.3 Å². The van der Waals surface area contributed by atoms with Crippen LogP contribution in [0.15, 0.2) is 0 Å². The lowest BCUT2D eigenvalue weighted by Gasteiger charge is -2.29. The Morgan fingerprint density at radius 2 is 2.08 bits per heavy atom. The summed E-state index contributed by atoms with van der Waals surface area (Å²) in [6, 6.07) is 1.56. The van der Waals surface area contributed by atoms with Crippen molar-refractivity contribution in [3.05, 3.63) is 0 Å².